The van der Waals surface area contributed by atoms with Crippen LogP contribution < -0.4 is 4.90 Å². The van der Waals surface area contributed by atoms with Crippen molar-refractivity contribution >= 4 is 42.4 Å². The first kappa shape index (κ1) is 21.2. The minimum absolute atomic E-state index is 0.185. The molecule has 4 aromatic rings. The molecule has 3 aromatic carbocycles. The molecule has 1 heterocycles. The predicted molar refractivity (Wildman–Crippen MR) is 126 cm³/mol. The number of hydrogen-bond donors (Lipinski definition) is 0. The second kappa shape index (κ2) is 8.24. The van der Waals surface area contributed by atoms with E-state index in [-0.39, 0.29) is 10.8 Å². The number of rotatable bonds is 5. The fraction of sp³-hybridized carbons (Fsp3) is 0.167. The molecule has 0 aliphatic heterocycles. The third-order valence-corrected chi connectivity index (χ3v) is 7.16. The molecule has 0 fully saturated rings. The number of thiazole rings is 1. The highest BCUT2D eigenvalue weighted by Gasteiger charge is 2.23. The number of carbonyl (C=O) groups is 1. The first-order valence-electron chi connectivity index (χ1n) is 9.76. The van der Waals surface area contributed by atoms with Gasteiger partial charge in [-0.05, 0) is 60.9 Å². The summed E-state index contributed by atoms with van der Waals surface area (Å²) in [6.07, 6.45) is 1.15. The molecule has 1 aromatic heterocycles. The number of nitrogens with zero attached hydrogens (tertiary/aromatic N) is 2. The minimum atomic E-state index is -3.33. The average molecular weight is 451 g/mol. The van der Waals surface area contributed by atoms with Crippen LogP contribution in [0.15, 0.2) is 71.6 Å². The Hall–Kier alpha value is -3.03. The van der Waals surface area contributed by atoms with Crippen LogP contribution in [-0.2, 0) is 16.4 Å². The van der Waals surface area contributed by atoms with Gasteiger partial charge in [0.2, 0.25) is 0 Å². The van der Waals surface area contributed by atoms with Crippen molar-refractivity contribution in [1.82, 2.24) is 4.98 Å². The van der Waals surface area contributed by atoms with Gasteiger partial charge in [0.15, 0.2) is 15.0 Å². The molecule has 5 nitrogen and oxygen atoms in total. The monoisotopic (exact) mass is 450 g/mol. The van der Waals surface area contributed by atoms with Gasteiger partial charge in [0.05, 0.1) is 21.7 Å². The van der Waals surface area contributed by atoms with Crippen LogP contribution in [-0.4, -0.2) is 25.6 Å². The highest BCUT2D eigenvalue weighted by molar-refractivity contribution is 7.90. The van der Waals surface area contributed by atoms with Gasteiger partial charge in [0, 0.05) is 11.8 Å². The lowest BCUT2D eigenvalue weighted by atomic mass is 10.1. The van der Waals surface area contributed by atoms with E-state index >= 15 is 0 Å². The van der Waals surface area contributed by atoms with Gasteiger partial charge in [0.1, 0.15) is 0 Å². The van der Waals surface area contributed by atoms with E-state index in [0.717, 1.165) is 33.2 Å². The summed E-state index contributed by atoms with van der Waals surface area (Å²) in [7, 11) is -3.33. The number of benzene rings is 3. The Labute approximate surface area is 185 Å². The van der Waals surface area contributed by atoms with Gasteiger partial charge in [-0.25, -0.2) is 13.4 Å². The maximum Gasteiger partial charge on any atom is 0.260 e. The molecule has 1 amide bonds. The number of aromatic nitrogens is 1. The fourth-order valence-electron chi connectivity index (χ4n) is 3.47. The Morgan fingerprint density at radius 3 is 2.32 bits per heavy atom. The number of hydrogen-bond acceptors (Lipinski definition) is 5. The van der Waals surface area contributed by atoms with Crippen molar-refractivity contribution in [3.8, 4) is 0 Å². The van der Waals surface area contributed by atoms with Crippen molar-refractivity contribution in [1.29, 1.82) is 0 Å². The van der Waals surface area contributed by atoms with E-state index in [4.69, 9.17) is 4.98 Å². The Balaban J connectivity index is 1.77. The van der Waals surface area contributed by atoms with Crippen molar-refractivity contribution in [2.75, 3.05) is 11.2 Å². The maximum absolute atomic E-state index is 13.5. The van der Waals surface area contributed by atoms with E-state index in [1.165, 1.54) is 23.5 Å². The van der Waals surface area contributed by atoms with Gasteiger partial charge < -0.3 is 0 Å². The van der Waals surface area contributed by atoms with Crippen LogP contribution in [0.5, 0.6) is 0 Å². The number of amides is 1. The van der Waals surface area contributed by atoms with E-state index in [1.807, 2.05) is 44.2 Å². The van der Waals surface area contributed by atoms with Crippen molar-refractivity contribution in [2.45, 2.75) is 25.3 Å². The van der Waals surface area contributed by atoms with Crippen LogP contribution in [0.25, 0.3) is 10.2 Å². The summed E-state index contributed by atoms with van der Waals surface area (Å²) in [5.41, 5.74) is 4.51. The van der Waals surface area contributed by atoms with Gasteiger partial charge in [-0.3, -0.25) is 9.69 Å². The predicted octanol–water partition coefficient (Wildman–Crippen LogP) is 5.16. The van der Waals surface area contributed by atoms with E-state index in [9.17, 15) is 13.2 Å². The van der Waals surface area contributed by atoms with Gasteiger partial charge >= 0.3 is 0 Å². The highest BCUT2D eigenvalue weighted by Crippen LogP contribution is 2.33. The van der Waals surface area contributed by atoms with Crippen LogP contribution in [0.3, 0.4) is 0 Å². The minimum Gasteiger partial charge on any atom is -0.279 e. The summed E-state index contributed by atoms with van der Waals surface area (Å²) in [5, 5.41) is 0.616. The summed E-state index contributed by atoms with van der Waals surface area (Å²) in [6.45, 7) is 4.43. The number of aryl methyl sites for hydroxylation is 2. The average Bonchev–Trinajstić information content (AvgIpc) is 3.16. The molecule has 0 atom stereocenters. The number of sulfone groups is 1. The first-order chi connectivity index (χ1) is 14.7. The zero-order chi connectivity index (χ0) is 22.2. The van der Waals surface area contributed by atoms with Crippen molar-refractivity contribution in [3.05, 3.63) is 89.0 Å². The zero-order valence-electron chi connectivity index (χ0n) is 17.5. The normalized spacial score (nSPS) is 11.6. The third kappa shape index (κ3) is 4.52. The Morgan fingerprint density at radius 2 is 1.68 bits per heavy atom. The van der Waals surface area contributed by atoms with Crippen molar-refractivity contribution in [2.24, 2.45) is 0 Å². The SMILES string of the molecule is Cc1cc(C)c2nc(N(Cc3ccccc3)C(=O)c3ccc(S(C)(=O)=O)cc3)sc2c1. The van der Waals surface area contributed by atoms with Crippen LogP contribution in [0.2, 0.25) is 0 Å². The topological polar surface area (TPSA) is 67.3 Å². The van der Waals surface area contributed by atoms with Crippen LogP contribution in [0.1, 0.15) is 27.0 Å². The first-order valence-corrected chi connectivity index (χ1v) is 12.5. The molecule has 0 spiro atoms. The Bertz CT molecular complexity index is 1360. The molecule has 0 saturated carbocycles. The smallest absolute Gasteiger partial charge is 0.260 e. The molecule has 7 heteroatoms. The van der Waals surface area contributed by atoms with E-state index in [0.29, 0.717) is 17.2 Å². The zero-order valence-corrected chi connectivity index (χ0v) is 19.1. The number of anilines is 1. The van der Waals surface area contributed by atoms with Crippen molar-refractivity contribution in [3.63, 3.8) is 0 Å². The van der Waals surface area contributed by atoms with E-state index in [2.05, 4.69) is 12.1 Å². The molecular formula is C24H22N2O3S2. The highest BCUT2D eigenvalue weighted by atomic mass is 32.2. The molecule has 0 saturated heterocycles. The largest absolute Gasteiger partial charge is 0.279 e. The second-order valence-electron chi connectivity index (χ2n) is 7.60. The van der Waals surface area contributed by atoms with E-state index < -0.39 is 9.84 Å². The van der Waals surface area contributed by atoms with Crippen molar-refractivity contribution < 1.29 is 13.2 Å². The van der Waals surface area contributed by atoms with Crippen LogP contribution >= 0.6 is 11.3 Å². The Kier molecular flexibility index (Phi) is 5.64. The number of carbonyl (C=O) groups excluding carboxylic acids is 1. The summed E-state index contributed by atoms with van der Waals surface area (Å²) >= 11 is 1.48. The summed E-state index contributed by atoms with van der Waals surface area (Å²) in [5.74, 6) is -0.225. The third-order valence-electron chi connectivity index (χ3n) is 5.01. The molecule has 0 N–H and O–H groups in total. The molecular weight excluding hydrogens is 428 g/mol. The lowest BCUT2D eigenvalue weighted by Gasteiger charge is -2.20. The van der Waals surface area contributed by atoms with Gasteiger partial charge in [-0.1, -0.05) is 47.7 Å². The molecule has 158 valence electrons. The molecule has 0 aliphatic carbocycles. The summed E-state index contributed by atoms with van der Waals surface area (Å²) < 4.78 is 24.6. The van der Waals surface area contributed by atoms with Crippen LogP contribution in [0, 0.1) is 13.8 Å². The summed E-state index contributed by atoms with van der Waals surface area (Å²) in [4.78, 5) is 20.1. The molecule has 0 aliphatic rings. The van der Waals surface area contributed by atoms with Crippen LogP contribution in [0.4, 0.5) is 5.13 Å². The molecule has 4 rings (SSSR count). The molecule has 0 unspecified atom stereocenters. The quantitative estimate of drug-likeness (QED) is 0.421. The van der Waals surface area contributed by atoms with Gasteiger partial charge in [0.25, 0.3) is 5.91 Å². The molecule has 0 bridgehead atoms. The lowest BCUT2D eigenvalue weighted by molar-refractivity contribution is 0.0985. The van der Waals surface area contributed by atoms with Gasteiger partial charge in [-0.15, -0.1) is 0 Å². The maximum atomic E-state index is 13.5. The van der Waals surface area contributed by atoms with E-state index in [1.54, 1.807) is 17.0 Å². The Morgan fingerprint density at radius 1 is 1.00 bits per heavy atom. The van der Waals surface area contributed by atoms with Gasteiger partial charge in [-0.2, -0.15) is 0 Å². The molecule has 0 radical (unpaired) electrons. The lowest BCUT2D eigenvalue weighted by Crippen LogP contribution is -2.30. The standard InChI is InChI=1S/C24H22N2O3S2/c1-16-13-17(2)22-21(14-16)30-24(25-22)26(15-18-7-5-4-6-8-18)23(27)19-9-11-20(12-10-19)31(3,28)29/h4-14H,15H2,1-3H3. The summed E-state index contributed by atoms with van der Waals surface area (Å²) in [6, 6.07) is 19.9. The molecule has 31 heavy (non-hydrogen) atoms. The second-order valence-corrected chi connectivity index (χ2v) is 10.6. The fourth-order valence-corrected chi connectivity index (χ4v) is 5.24. The number of fused-ring (bicyclic) bond motifs is 1.